The van der Waals surface area contributed by atoms with Gasteiger partial charge in [0.2, 0.25) is 5.91 Å². The molecular formula is C17H23N5O3S2. The Labute approximate surface area is 163 Å². The van der Waals surface area contributed by atoms with Crippen molar-refractivity contribution in [2.24, 2.45) is 0 Å². The minimum absolute atomic E-state index is 0.0456. The van der Waals surface area contributed by atoms with Gasteiger partial charge < -0.3 is 9.47 Å². The fourth-order valence-corrected chi connectivity index (χ4v) is 5.92. The molecule has 10 heteroatoms. The molecule has 0 saturated carbocycles. The molecule has 0 aromatic carbocycles. The molecule has 8 nitrogen and oxygen atoms in total. The quantitative estimate of drug-likeness (QED) is 0.667. The lowest BCUT2D eigenvalue weighted by atomic mass is 10.2. The molecule has 1 aliphatic heterocycles. The summed E-state index contributed by atoms with van der Waals surface area (Å²) in [7, 11) is -1.35. The van der Waals surface area contributed by atoms with Gasteiger partial charge in [-0.05, 0) is 32.4 Å². The zero-order valence-corrected chi connectivity index (χ0v) is 17.2. The van der Waals surface area contributed by atoms with Crippen LogP contribution in [0, 0.1) is 0 Å². The second kappa shape index (κ2) is 7.97. The number of aromatic nitrogens is 4. The van der Waals surface area contributed by atoms with Gasteiger partial charge in [0, 0.05) is 37.6 Å². The summed E-state index contributed by atoms with van der Waals surface area (Å²) in [5.74, 6) is 0.829. The zero-order valence-electron chi connectivity index (χ0n) is 15.6. The molecule has 1 fully saturated rings. The van der Waals surface area contributed by atoms with E-state index in [2.05, 4.69) is 15.2 Å². The molecule has 1 amide bonds. The Bertz CT molecular complexity index is 914. The monoisotopic (exact) mass is 409 g/mol. The van der Waals surface area contributed by atoms with Gasteiger partial charge in [0.25, 0.3) is 0 Å². The minimum atomic E-state index is -3.03. The van der Waals surface area contributed by atoms with Crippen molar-refractivity contribution in [1.29, 1.82) is 0 Å². The van der Waals surface area contributed by atoms with E-state index in [4.69, 9.17) is 0 Å². The minimum Gasteiger partial charge on any atom is -0.341 e. The molecule has 2 aromatic rings. The molecule has 146 valence electrons. The Balaban J connectivity index is 1.73. The highest BCUT2D eigenvalue weighted by Crippen LogP contribution is 2.28. The maximum absolute atomic E-state index is 12.8. The predicted molar refractivity (Wildman–Crippen MR) is 104 cm³/mol. The van der Waals surface area contributed by atoms with E-state index in [0.29, 0.717) is 18.1 Å². The second-order valence-corrected chi connectivity index (χ2v) is 10.1. The number of nitrogens with zero attached hydrogens (tertiary/aromatic N) is 5. The third kappa shape index (κ3) is 4.32. The predicted octanol–water partition coefficient (Wildman–Crippen LogP) is 1.49. The summed E-state index contributed by atoms with van der Waals surface area (Å²) in [5, 5.41) is 8.80. The van der Waals surface area contributed by atoms with Crippen LogP contribution in [0.3, 0.4) is 0 Å². The summed E-state index contributed by atoms with van der Waals surface area (Å²) in [4.78, 5) is 18.4. The Morgan fingerprint density at radius 1 is 1.37 bits per heavy atom. The van der Waals surface area contributed by atoms with Crippen molar-refractivity contribution in [2.45, 2.75) is 43.3 Å². The number of pyridine rings is 1. The molecule has 2 aromatic heterocycles. The topological polar surface area (TPSA) is 98.1 Å². The van der Waals surface area contributed by atoms with Gasteiger partial charge in [-0.2, -0.15) is 0 Å². The fraction of sp³-hybridized carbons (Fsp3) is 0.529. The SMILES string of the molecule is CCn1c(S[C@H](C)C(=O)N(C)[C@H]2CCS(=O)(=O)C2)nnc1-c1ccncc1. The molecule has 0 unspecified atom stereocenters. The molecule has 2 atom stereocenters. The number of amides is 1. The highest BCUT2D eigenvalue weighted by molar-refractivity contribution is 8.00. The van der Waals surface area contributed by atoms with Crippen LogP contribution < -0.4 is 0 Å². The number of sulfone groups is 1. The summed E-state index contributed by atoms with van der Waals surface area (Å²) < 4.78 is 25.3. The van der Waals surface area contributed by atoms with Crippen LogP contribution >= 0.6 is 11.8 Å². The van der Waals surface area contributed by atoms with E-state index in [1.807, 2.05) is 30.5 Å². The Hall–Kier alpha value is -1.94. The van der Waals surface area contributed by atoms with Gasteiger partial charge in [-0.15, -0.1) is 10.2 Å². The van der Waals surface area contributed by atoms with Crippen LogP contribution in [0.15, 0.2) is 29.7 Å². The Morgan fingerprint density at radius 3 is 2.67 bits per heavy atom. The summed E-state index contributed by atoms with van der Waals surface area (Å²) >= 11 is 1.34. The highest BCUT2D eigenvalue weighted by atomic mass is 32.2. The van der Waals surface area contributed by atoms with Gasteiger partial charge in [-0.25, -0.2) is 8.42 Å². The van der Waals surface area contributed by atoms with Gasteiger partial charge >= 0.3 is 0 Å². The van der Waals surface area contributed by atoms with Crippen LogP contribution in [-0.4, -0.2) is 68.8 Å². The van der Waals surface area contributed by atoms with Crippen LogP contribution in [0.1, 0.15) is 20.3 Å². The van der Waals surface area contributed by atoms with E-state index < -0.39 is 15.1 Å². The molecule has 0 radical (unpaired) electrons. The number of rotatable bonds is 6. The average Bonchev–Trinajstić information content (AvgIpc) is 3.23. The maximum Gasteiger partial charge on any atom is 0.235 e. The zero-order chi connectivity index (χ0) is 19.6. The fourth-order valence-electron chi connectivity index (χ4n) is 3.13. The molecule has 27 heavy (non-hydrogen) atoms. The second-order valence-electron chi connectivity index (χ2n) is 6.55. The van der Waals surface area contributed by atoms with Crippen molar-refractivity contribution in [3.63, 3.8) is 0 Å². The van der Waals surface area contributed by atoms with E-state index in [1.165, 1.54) is 11.8 Å². The largest absolute Gasteiger partial charge is 0.341 e. The van der Waals surface area contributed by atoms with Crippen LogP contribution in [0.5, 0.6) is 0 Å². The van der Waals surface area contributed by atoms with Gasteiger partial charge in [0.15, 0.2) is 20.8 Å². The summed E-state index contributed by atoms with van der Waals surface area (Å²) in [5.41, 5.74) is 0.915. The Kier molecular flexibility index (Phi) is 5.85. The van der Waals surface area contributed by atoms with Crippen molar-refractivity contribution in [3.05, 3.63) is 24.5 Å². The average molecular weight is 410 g/mol. The van der Waals surface area contributed by atoms with Crippen molar-refractivity contribution in [3.8, 4) is 11.4 Å². The first-order valence-corrected chi connectivity index (χ1v) is 11.5. The van der Waals surface area contributed by atoms with E-state index in [0.717, 1.165) is 11.4 Å². The van der Waals surface area contributed by atoms with Gasteiger partial charge in [-0.3, -0.25) is 9.78 Å². The first-order chi connectivity index (χ1) is 12.8. The van der Waals surface area contributed by atoms with E-state index in [1.54, 1.807) is 24.3 Å². The summed E-state index contributed by atoms with van der Waals surface area (Å²) in [6, 6.07) is 3.49. The van der Waals surface area contributed by atoms with E-state index >= 15 is 0 Å². The lowest BCUT2D eigenvalue weighted by molar-refractivity contribution is -0.130. The molecule has 1 saturated heterocycles. The first kappa shape index (κ1) is 19.8. The van der Waals surface area contributed by atoms with Crippen molar-refractivity contribution in [2.75, 3.05) is 18.6 Å². The lowest BCUT2D eigenvalue weighted by Crippen LogP contribution is -2.41. The van der Waals surface area contributed by atoms with Crippen LogP contribution in [0.25, 0.3) is 11.4 Å². The van der Waals surface area contributed by atoms with Crippen molar-refractivity contribution < 1.29 is 13.2 Å². The van der Waals surface area contributed by atoms with Crippen LogP contribution in [-0.2, 0) is 21.2 Å². The Morgan fingerprint density at radius 2 is 2.07 bits per heavy atom. The molecule has 1 aliphatic rings. The molecule has 3 rings (SSSR count). The smallest absolute Gasteiger partial charge is 0.235 e. The number of carbonyl (C=O) groups is 1. The normalized spacial score (nSPS) is 19.7. The van der Waals surface area contributed by atoms with Gasteiger partial charge in [0.05, 0.1) is 16.8 Å². The van der Waals surface area contributed by atoms with Gasteiger partial charge in [0.1, 0.15) is 0 Å². The third-order valence-electron chi connectivity index (χ3n) is 4.71. The number of carbonyl (C=O) groups excluding carboxylic acids is 1. The van der Waals surface area contributed by atoms with E-state index in [-0.39, 0.29) is 23.5 Å². The van der Waals surface area contributed by atoms with E-state index in [9.17, 15) is 13.2 Å². The molecular weight excluding hydrogens is 386 g/mol. The van der Waals surface area contributed by atoms with Gasteiger partial charge in [-0.1, -0.05) is 11.8 Å². The molecule has 0 N–H and O–H groups in total. The van der Waals surface area contributed by atoms with Crippen LogP contribution in [0.2, 0.25) is 0 Å². The summed E-state index contributed by atoms with van der Waals surface area (Å²) in [6.45, 7) is 4.48. The van der Waals surface area contributed by atoms with Crippen LogP contribution in [0.4, 0.5) is 0 Å². The standard InChI is InChI=1S/C17H23N5O3S2/c1-4-22-15(13-5-8-18-9-6-13)19-20-17(22)26-12(2)16(23)21(3)14-7-10-27(24,25)11-14/h5-6,8-9,12,14H,4,7,10-11H2,1-3H3/t12-,14+/m1/s1. The number of hydrogen-bond acceptors (Lipinski definition) is 7. The third-order valence-corrected chi connectivity index (χ3v) is 7.52. The molecule has 0 bridgehead atoms. The molecule has 0 aliphatic carbocycles. The highest BCUT2D eigenvalue weighted by Gasteiger charge is 2.34. The first-order valence-electron chi connectivity index (χ1n) is 8.79. The van der Waals surface area contributed by atoms with Crippen molar-refractivity contribution >= 4 is 27.5 Å². The lowest BCUT2D eigenvalue weighted by Gasteiger charge is -2.26. The molecule has 3 heterocycles. The summed E-state index contributed by atoms with van der Waals surface area (Å²) in [6.07, 6.45) is 3.90. The number of thioether (sulfide) groups is 1. The molecule has 0 spiro atoms. The van der Waals surface area contributed by atoms with Crippen molar-refractivity contribution in [1.82, 2.24) is 24.6 Å². The maximum atomic E-state index is 12.8. The number of hydrogen-bond donors (Lipinski definition) is 0.